The molecule has 0 saturated carbocycles. The molecular weight excluding hydrogens is 174 g/mol. The van der Waals surface area contributed by atoms with Gasteiger partial charge in [0.25, 0.3) is 0 Å². The van der Waals surface area contributed by atoms with Gasteiger partial charge in [0.1, 0.15) is 0 Å². The van der Waals surface area contributed by atoms with Gasteiger partial charge in [-0.15, -0.1) is 0 Å². The molecule has 0 aliphatic rings. The molecule has 0 heterocycles. The Morgan fingerprint density at radius 2 is 1.79 bits per heavy atom. The Kier molecular flexibility index (Phi) is 5.35. The molecule has 14 heavy (non-hydrogen) atoms. The van der Waals surface area contributed by atoms with Gasteiger partial charge in [0.15, 0.2) is 5.78 Å². The molecule has 0 amide bonds. The Hall–Kier alpha value is -0.370. The second-order valence-electron chi connectivity index (χ2n) is 5.16. The zero-order chi connectivity index (χ0) is 11.4. The third kappa shape index (κ3) is 4.23. The fourth-order valence-electron chi connectivity index (χ4n) is 1.23. The van der Waals surface area contributed by atoms with Gasteiger partial charge >= 0.3 is 0 Å². The van der Waals surface area contributed by atoms with Crippen molar-refractivity contribution >= 4 is 5.78 Å². The molecule has 0 aromatic carbocycles. The lowest BCUT2D eigenvalue weighted by atomic mass is 9.92. The highest BCUT2D eigenvalue weighted by Gasteiger charge is 2.28. The topological polar surface area (TPSA) is 20.3 Å². The molecule has 84 valence electrons. The number of hydrogen-bond acceptors (Lipinski definition) is 2. The van der Waals surface area contributed by atoms with E-state index in [1.165, 1.54) is 0 Å². The summed E-state index contributed by atoms with van der Waals surface area (Å²) in [5.41, 5.74) is -0.309. The molecule has 0 fully saturated rings. The van der Waals surface area contributed by atoms with Crippen molar-refractivity contribution in [2.45, 2.75) is 52.5 Å². The molecule has 0 unspecified atom stereocenters. The third-order valence-electron chi connectivity index (χ3n) is 2.99. The van der Waals surface area contributed by atoms with Crippen LogP contribution in [0, 0.1) is 5.92 Å². The van der Waals surface area contributed by atoms with E-state index in [9.17, 15) is 4.79 Å². The van der Waals surface area contributed by atoms with Gasteiger partial charge < -0.3 is 0 Å². The minimum Gasteiger partial charge on any atom is -0.298 e. The van der Waals surface area contributed by atoms with Crippen LogP contribution < -0.4 is 0 Å². The Labute approximate surface area is 88.7 Å². The van der Waals surface area contributed by atoms with E-state index in [0.717, 1.165) is 12.8 Å². The van der Waals surface area contributed by atoms with E-state index in [0.29, 0.717) is 18.1 Å². The van der Waals surface area contributed by atoms with Gasteiger partial charge in [-0.1, -0.05) is 20.3 Å². The summed E-state index contributed by atoms with van der Waals surface area (Å²) >= 11 is 0. The first kappa shape index (κ1) is 13.6. The van der Waals surface area contributed by atoms with Crippen LogP contribution in [0.15, 0.2) is 0 Å². The fraction of sp³-hybridized carbons (Fsp3) is 0.917. The first-order chi connectivity index (χ1) is 6.28. The van der Waals surface area contributed by atoms with E-state index >= 15 is 0 Å². The molecule has 0 bridgehead atoms. The van der Waals surface area contributed by atoms with Gasteiger partial charge in [-0.3, -0.25) is 9.69 Å². The van der Waals surface area contributed by atoms with E-state index < -0.39 is 0 Å². The number of nitrogens with zero attached hydrogens (tertiary/aromatic N) is 1. The molecule has 0 radical (unpaired) electrons. The second kappa shape index (κ2) is 5.50. The van der Waals surface area contributed by atoms with Crippen molar-refractivity contribution in [1.29, 1.82) is 0 Å². The molecule has 0 aliphatic carbocycles. The summed E-state index contributed by atoms with van der Waals surface area (Å²) in [6.07, 6.45) is 2.88. The number of ketones is 1. The van der Waals surface area contributed by atoms with Crippen LogP contribution in [0.5, 0.6) is 0 Å². The second-order valence-corrected chi connectivity index (χ2v) is 5.16. The van der Waals surface area contributed by atoms with Crippen LogP contribution >= 0.6 is 0 Å². The lowest BCUT2D eigenvalue weighted by Gasteiger charge is -2.31. The van der Waals surface area contributed by atoms with Crippen LogP contribution in [0.4, 0.5) is 0 Å². The molecule has 0 rings (SSSR count). The van der Waals surface area contributed by atoms with Crippen LogP contribution in [0.1, 0.15) is 47.0 Å². The number of rotatable bonds is 6. The molecular formula is C12H25NO. The van der Waals surface area contributed by atoms with Gasteiger partial charge in [-0.2, -0.15) is 0 Å². The monoisotopic (exact) mass is 199 g/mol. The average Bonchev–Trinajstić information content (AvgIpc) is 2.02. The SMILES string of the molecule is CC(C)CCCC(=O)C(C)(C)N(C)C. The number of likely N-dealkylation sites (N-methyl/N-ethyl adjacent to an activating group) is 1. The number of hydrogen-bond donors (Lipinski definition) is 0. The van der Waals surface area contributed by atoms with E-state index in [1.807, 2.05) is 32.8 Å². The molecule has 0 N–H and O–H groups in total. The van der Waals surface area contributed by atoms with Gasteiger partial charge in [-0.25, -0.2) is 0 Å². The lowest BCUT2D eigenvalue weighted by Crippen LogP contribution is -2.45. The largest absolute Gasteiger partial charge is 0.298 e. The summed E-state index contributed by atoms with van der Waals surface area (Å²) in [5.74, 6) is 1.05. The smallest absolute Gasteiger partial charge is 0.152 e. The van der Waals surface area contributed by atoms with Crippen LogP contribution in [0.3, 0.4) is 0 Å². The first-order valence-corrected chi connectivity index (χ1v) is 5.49. The lowest BCUT2D eigenvalue weighted by molar-refractivity contribution is -0.128. The van der Waals surface area contributed by atoms with Gasteiger partial charge in [0.05, 0.1) is 5.54 Å². The molecule has 0 aromatic heterocycles. The Bertz CT molecular complexity index is 183. The zero-order valence-electron chi connectivity index (χ0n) is 10.6. The molecule has 2 heteroatoms. The zero-order valence-corrected chi connectivity index (χ0v) is 10.6. The van der Waals surface area contributed by atoms with Crippen molar-refractivity contribution in [3.8, 4) is 0 Å². The predicted molar refractivity (Wildman–Crippen MR) is 61.5 cm³/mol. The normalized spacial score (nSPS) is 12.6. The Morgan fingerprint density at radius 1 is 1.29 bits per heavy atom. The van der Waals surface area contributed by atoms with Crippen LogP contribution in [-0.4, -0.2) is 30.3 Å². The van der Waals surface area contributed by atoms with E-state index in [-0.39, 0.29) is 5.54 Å². The van der Waals surface area contributed by atoms with Crippen molar-refractivity contribution in [3.63, 3.8) is 0 Å². The van der Waals surface area contributed by atoms with Crippen molar-refractivity contribution in [2.24, 2.45) is 5.92 Å². The first-order valence-electron chi connectivity index (χ1n) is 5.49. The summed E-state index contributed by atoms with van der Waals surface area (Å²) in [6.45, 7) is 8.37. The molecule has 0 saturated heterocycles. The Balaban J connectivity index is 3.96. The van der Waals surface area contributed by atoms with Gasteiger partial charge in [0, 0.05) is 6.42 Å². The quantitative estimate of drug-likeness (QED) is 0.655. The maximum Gasteiger partial charge on any atom is 0.152 e. The highest BCUT2D eigenvalue weighted by Crippen LogP contribution is 2.16. The van der Waals surface area contributed by atoms with Gasteiger partial charge in [-0.05, 0) is 40.3 Å². The maximum absolute atomic E-state index is 11.8. The Morgan fingerprint density at radius 3 is 2.14 bits per heavy atom. The fourth-order valence-corrected chi connectivity index (χ4v) is 1.23. The van der Waals surface area contributed by atoms with Crippen LogP contribution in [0.25, 0.3) is 0 Å². The highest BCUT2D eigenvalue weighted by molar-refractivity contribution is 5.87. The summed E-state index contributed by atoms with van der Waals surface area (Å²) in [7, 11) is 3.92. The van der Waals surface area contributed by atoms with E-state index in [2.05, 4.69) is 13.8 Å². The molecule has 0 aromatic rings. The predicted octanol–water partition coefficient (Wildman–Crippen LogP) is 2.72. The minimum atomic E-state index is -0.309. The third-order valence-corrected chi connectivity index (χ3v) is 2.99. The van der Waals surface area contributed by atoms with Crippen LogP contribution in [-0.2, 0) is 4.79 Å². The highest BCUT2D eigenvalue weighted by atomic mass is 16.1. The number of Topliss-reactive ketones (excluding diaryl/α,β-unsaturated/α-hetero) is 1. The summed E-state index contributed by atoms with van der Waals surface area (Å²) in [4.78, 5) is 13.8. The average molecular weight is 199 g/mol. The molecule has 0 spiro atoms. The van der Waals surface area contributed by atoms with Crippen LogP contribution in [0.2, 0.25) is 0 Å². The summed E-state index contributed by atoms with van der Waals surface area (Å²) in [5, 5.41) is 0. The molecule has 2 nitrogen and oxygen atoms in total. The standard InChI is InChI=1S/C12H25NO/c1-10(2)8-7-9-11(14)12(3,4)13(5)6/h10H,7-9H2,1-6H3. The van der Waals surface area contributed by atoms with Crippen molar-refractivity contribution < 1.29 is 4.79 Å². The number of carbonyl (C=O) groups is 1. The maximum atomic E-state index is 11.8. The molecule has 0 aliphatic heterocycles. The van der Waals surface area contributed by atoms with E-state index in [4.69, 9.17) is 0 Å². The van der Waals surface area contributed by atoms with Crippen molar-refractivity contribution in [2.75, 3.05) is 14.1 Å². The molecule has 0 atom stereocenters. The summed E-state index contributed by atoms with van der Waals surface area (Å²) < 4.78 is 0. The van der Waals surface area contributed by atoms with E-state index in [1.54, 1.807) is 0 Å². The number of carbonyl (C=O) groups excluding carboxylic acids is 1. The van der Waals surface area contributed by atoms with Gasteiger partial charge in [0.2, 0.25) is 0 Å². The van der Waals surface area contributed by atoms with Crippen molar-refractivity contribution in [1.82, 2.24) is 4.90 Å². The van der Waals surface area contributed by atoms with Crippen molar-refractivity contribution in [3.05, 3.63) is 0 Å². The minimum absolute atomic E-state index is 0.309. The summed E-state index contributed by atoms with van der Waals surface area (Å²) in [6, 6.07) is 0.